The SMILES string of the molecule is COc1ccc(CCc2ccc(C(=O)c3ccc4c(=O)c5cc(C)cc(OCCN(C)C)c5oc4c3)cn2)cc1. The number of rotatable bonds is 10. The van der Waals surface area contributed by atoms with Crippen LogP contribution >= 0.6 is 0 Å². The van der Waals surface area contributed by atoms with E-state index in [1.54, 1.807) is 43.6 Å². The van der Waals surface area contributed by atoms with Crippen LogP contribution in [-0.2, 0) is 12.8 Å². The molecule has 5 rings (SSSR count). The van der Waals surface area contributed by atoms with E-state index < -0.39 is 0 Å². The summed E-state index contributed by atoms with van der Waals surface area (Å²) >= 11 is 0. The van der Waals surface area contributed by atoms with Gasteiger partial charge in [0.25, 0.3) is 0 Å². The molecule has 2 aromatic heterocycles. The van der Waals surface area contributed by atoms with Crippen LogP contribution < -0.4 is 14.9 Å². The van der Waals surface area contributed by atoms with Crippen molar-refractivity contribution in [3.63, 3.8) is 0 Å². The summed E-state index contributed by atoms with van der Waals surface area (Å²) in [4.78, 5) is 33.2. The largest absolute Gasteiger partial charge is 0.497 e. The summed E-state index contributed by atoms with van der Waals surface area (Å²) in [6, 6.07) is 20.2. The first kappa shape index (κ1) is 27.1. The number of aromatic nitrogens is 1. The fourth-order valence-electron chi connectivity index (χ4n) is 4.59. The van der Waals surface area contributed by atoms with Crippen LogP contribution in [0.5, 0.6) is 11.5 Å². The van der Waals surface area contributed by atoms with E-state index in [9.17, 15) is 9.59 Å². The van der Waals surface area contributed by atoms with Gasteiger partial charge in [0.05, 0.1) is 17.9 Å². The minimum Gasteiger partial charge on any atom is -0.497 e. The first-order valence-corrected chi connectivity index (χ1v) is 13.2. The third-order valence-electron chi connectivity index (χ3n) is 6.86. The average Bonchev–Trinajstić information content (AvgIpc) is 2.96. The first-order valence-electron chi connectivity index (χ1n) is 13.2. The minimum absolute atomic E-state index is 0.153. The Bertz CT molecular complexity index is 1720. The Kier molecular flexibility index (Phi) is 7.94. The number of likely N-dealkylation sites (N-methyl/N-ethyl adjacent to an activating group) is 1. The molecule has 0 aliphatic rings. The molecule has 0 fully saturated rings. The van der Waals surface area contributed by atoms with Crippen molar-refractivity contribution in [3.05, 3.63) is 111 Å². The number of hydrogen-bond donors (Lipinski definition) is 0. The summed E-state index contributed by atoms with van der Waals surface area (Å²) in [7, 11) is 5.59. The lowest BCUT2D eigenvalue weighted by Crippen LogP contribution is -2.19. The molecule has 0 saturated heterocycles. The van der Waals surface area contributed by atoms with Gasteiger partial charge in [-0.05, 0) is 93.5 Å². The van der Waals surface area contributed by atoms with Crippen LogP contribution in [0, 0.1) is 6.92 Å². The number of hydrogen-bond acceptors (Lipinski definition) is 7. The molecule has 3 aromatic carbocycles. The number of methoxy groups -OCH3 is 1. The molecule has 204 valence electrons. The van der Waals surface area contributed by atoms with Gasteiger partial charge in [0.15, 0.2) is 17.1 Å². The summed E-state index contributed by atoms with van der Waals surface area (Å²) in [6.45, 7) is 3.09. The van der Waals surface area contributed by atoms with E-state index in [-0.39, 0.29) is 11.2 Å². The number of nitrogens with zero attached hydrogens (tertiary/aromatic N) is 2. The smallest absolute Gasteiger partial charge is 0.200 e. The molecule has 40 heavy (non-hydrogen) atoms. The third-order valence-corrected chi connectivity index (χ3v) is 6.86. The van der Waals surface area contributed by atoms with Crippen molar-refractivity contribution in [2.24, 2.45) is 0 Å². The summed E-state index contributed by atoms with van der Waals surface area (Å²) in [5, 5.41) is 0.877. The number of benzene rings is 3. The van der Waals surface area contributed by atoms with E-state index in [1.165, 1.54) is 5.56 Å². The molecular weight excluding hydrogens is 504 g/mol. The highest BCUT2D eigenvalue weighted by Crippen LogP contribution is 2.29. The van der Waals surface area contributed by atoms with Crippen molar-refractivity contribution in [1.29, 1.82) is 0 Å². The van der Waals surface area contributed by atoms with E-state index in [0.29, 0.717) is 45.4 Å². The van der Waals surface area contributed by atoms with Crippen LogP contribution in [0.25, 0.3) is 21.9 Å². The molecule has 7 heteroatoms. The van der Waals surface area contributed by atoms with Gasteiger partial charge in [0.2, 0.25) is 5.43 Å². The predicted molar refractivity (Wildman–Crippen MR) is 157 cm³/mol. The van der Waals surface area contributed by atoms with Crippen molar-refractivity contribution in [2.75, 3.05) is 34.4 Å². The lowest BCUT2D eigenvalue weighted by Gasteiger charge is -2.13. The fourth-order valence-corrected chi connectivity index (χ4v) is 4.59. The van der Waals surface area contributed by atoms with Gasteiger partial charge in [-0.3, -0.25) is 14.6 Å². The number of fused-ring (bicyclic) bond motifs is 2. The quantitative estimate of drug-likeness (QED) is 0.169. The molecule has 0 aliphatic carbocycles. The number of ether oxygens (including phenoxy) is 2. The molecule has 7 nitrogen and oxygen atoms in total. The minimum atomic E-state index is -0.190. The van der Waals surface area contributed by atoms with E-state index in [4.69, 9.17) is 13.9 Å². The van der Waals surface area contributed by atoms with Crippen molar-refractivity contribution < 1.29 is 18.7 Å². The maximum atomic E-state index is 13.3. The van der Waals surface area contributed by atoms with Crippen LogP contribution in [-0.4, -0.2) is 50.0 Å². The lowest BCUT2D eigenvalue weighted by molar-refractivity contribution is 0.103. The molecule has 0 amide bonds. The summed E-state index contributed by atoms with van der Waals surface area (Å²) in [5.41, 5.74) is 4.46. The van der Waals surface area contributed by atoms with Crippen molar-refractivity contribution in [1.82, 2.24) is 9.88 Å². The van der Waals surface area contributed by atoms with Crippen molar-refractivity contribution in [2.45, 2.75) is 19.8 Å². The average molecular weight is 537 g/mol. The van der Waals surface area contributed by atoms with Crippen molar-refractivity contribution >= 4 is 27.7 Å². The highest BCUT2D eigenvalue weighted by atomic mass is 16.5. The second-order valence-electron chi connectivity index (χ2n) is 10.1. The van der Waals surface area contributed by atoms with E-state index in [2.05, 4.69) is 4.98 Å². The maximum Gasteiger partial charge on any atom is 0.200 e. The molecule has 0 unspecified atom stereocenters. The Hall–Kier alpha value is -4.49. The van der Waals surface area contributed by atoms with Crippen LogP contribution in [0.1, 0.15) is 32.7 Å². The highest BCUT2D eigenvalue weighted by molar-refractivity contribution is 6.10. The number of carbonyl (C=O) groups excluding carboxylic acids is 1. The Morgan fingerprint density at radius 2 is 1.70 bits per heavy atom. The molecule has 0 atom stereocenters. The molecular formula is C33H32N2O5. The molecule has 0 bridgehead atoms. The molecule has 0 saturated carbocycles. The van der Waals surface area contributed by atoms with E-state index in [1.807, 2.05) is 62.3 Å². The second-order valence-corrected chi connectivity index (χ2v) is 10.1. The Balaban J connectivity index is 1.38. The van der Waals surface area contributed by atoms with Gasteiger partial charge in [-0.1, -0.05) is 18.2 Å². The standard InChI is InChI=1S/C33H32N2O5/c1-21-17-28-32(37)27-14-9-23(19-29(27)40-33(28)30(18-21)39-16-15-35(2)3)31(36)24-8-11-25(34-20-24)10-5-22-6-12-26(38-4)13-7-22/h6-9,11-14,17-20H,5,10,15-16H2,1-4H3. The zero-order valence-corrected chi connectivity index (χ0v) is 23.2. The van der Waals surface area contributed by atoms with Gasteiger partial charge in [0, 0.05) is 29.6 Å². The zero-order chi connectivity index (χ0) is 28.2. The van der Waals surface area contributed by atoms with Gasteiger partial charge in [-0.2, -0.15) is 0 Å². The van der Waals surface area contributed by atoms with Gasteiger partial charge < -0.3 is 18.8 Å². The maximum absolute atomic E-state index is 13.3. The predicted octanol–water partition coefficient (Wildman–Crippen LogP) is 5.61. The zero-order valence-electron chi connectivity index (χ0n) is 23.2. The second kappa shape index (κ2) is 11.7. The first-order chi connectivity index (χ1) is 19.3. The summed E-state index contributed by atoms with van der Waals surface area (Å²) in [5.74, 6) is 1.15. The van der Waals surface area contributed by atoms with E-state index >= 15 is 0 Å². The number of pyridine rings is 1. The van der Waals surface area contributed by atoms with Gasteiger partial charge in [-0.25, -0.2) is 0 Å². The lowest BCUT2D eigenvalue weighted by atomic mass is 10.0. The number of ketones is 1. The molecule has 5 aromatic rings. The Morgan fingerprint density at radius 3 is 2.40 bits per heavy atom. The molecule has 0 N–H and O–H groups in total. The van der Waals surface area contributed by atoms with Crippen LogP contribution in [0.3, 0.4) is 0 Å². The van der Waals surface area contributed by atoms with Crippen LogP contribution in [0.2, 0.25) is 0 Å². The topological polar surface area (TPSA) is 81.9 Å². The monoisotopic (exact) mass is 536 g/mol. The van der Waals surface area contributed by atoms with Gasteiger partial charge in [0.1, 0.15) is 17.9 Å². The van der Waals surface area contributed by atoms with Gasteiger partial charge in [-0.15, -0.1) is 0 Å². The number of aryl methyl sites for hydroxylation is 3. The van der Waals surface area contributed by atoms with Crippen LogP contribution in [0.15, 0.2) is 82.1 Å². The fraction of sp³-hybridized carbons (Fsp3) is 0.242. The van der Waals surface area contributed by atoms with E-state index in [0.717, 1.165) is 36.4 Å². The van der Waals surface area contributed by atoms with Crippen molar-refractivity contribution in [3.8, 4) is 11.5 Å². The Morgan fingerprint density at radius 1 is 0.925 bits per heavy atom. The summed E-state index contributed by atoms with van der Waals surface area (Å²) < 4.78 is 17.4. The Labute approximate surface area is 233 Å². The molecule has 2 heterocycles. The van der Waals surface area contributed by atoms with Gasteiger partial charge >= 0.3 is 0 Å². The highest BCUT2D eigenvalue weighted by Gasteiger charge is 2.16. The summed E-state index contributed by atoms with van der Waals surface area (Å²) in [6.07, 6.45) is 3.20. The normalized spacial score (nSPS) is 11.3. The van der Waals surface area contributed by atoms with Crippen LogP contribution in [0.4, 0.5) is 0 Å². The molecule has 0 spiro atoms. The molecule has 0 aliphatic heterocycles. The third kappa shape index (κ3) is 5.90. The number of carbonyl (C=O) groups is 1. The molecule has 0 radical (unpaired) electrons.